The number of anilines is 1. The number of thiophene rings is 1. The number of benzene rings is 1. The molecule has 5 nitrogen and oxygen atoms in total. The van der Waals surface area contributed by atoms with Crippen LogP contribution in [0.5, 0.6) is 0 Å². The molecule has 7 heteroatoms. The molecular formula is C19H26N2O3S2. The second-order valence-electron chi connectivity index (χ2n) is 6.34. The van der Waals surface area contributed by atoms with Crippen molar-refractivity contribution < 1.29 is 13.2 Å². The Balaban J connectivity index is 1.45. The maximum atomic E-state index is 12.3. The van der Waals surface area contributed by atoms with Gasteiger partial charge in [0.05, 0.1) is 13.2 Å². The first kappa shape index (κ1) is 19.4. The highest BCUT2D eigenvalue weighted by Gasteiger charge is 2.15. The van der Waals surface area contributed by atoms with Crippen LogP contribution in [-0.2, 0) is 27.6 Å². The van der Waals surface area contributed by atoms with Crippen LogP contribution in [0.3, 0.4) is 0 Å². The van der Waals surface area contributed by atoms with Crippen molar-refractivity contribution in [1.82, 2.24) is 4.72 Å². The van der Waals surface area contributed by atoms with Crippen molar-refractivity contribution in [3.8, 4) is 0 Å². The molecule has 2 aromatic rings. The highest BCUT2D eigenvalue weighted by Crippen LogP contribution is 2.22. The summed E-state index contributed by atoms with van der Waals surface area (Å²) in [5.74, 6) is 0. The summed E-state index contributed by atoms with van der Waals surface area (Å²) in [5, 5.41) is 0. The number of aryl methyl sites for hydroxylation is 2. The Morgan fingerprint density at radius 3 is 2.50 bits per heavy atom. The van der Waals surface area contributed by atoms with Gasteiger partial charge in [-0.2, -0.15) is 0 Å². The molecule has 1 aliphatic rings. The van der Waals surface area contributed by atoms with Crippen LogP contribution < -0.4 is 9.62 Å². The van der Waals surface area contributed by atoms with E-state index < -0.39 is 10.0 Å². The average Bonchev–Trinajstić information content (AvgIpc) is 3.17. The lowest BCUT2D eigenvalue weighted by atomic mass is 10.1. The summed E-state index contributed by atoms with van der Waals surface area (Å²) in [6.07, 6.45) is 2.50. The predicted octanol–water partition coefficient (Wildman–Crippen LogP) is 3.06. The van der Waals surface area contributed by atoms with Gasteiger partial charge in [-0.1, -0.05) is 19.1 Å². The smallest absolute Gasteiger partial charge is 0.250 e. The minimum Gasteiger partial charge on any atom is -0.378 e. The highest BCUT2D eigenvalue weighted by atomic mass is 32.2. The maximum absolute atomic E-state index is 12.3. The van der Waals surface area contributed by atoms with Crippen molar-refractivity contribution in [2.75, 3.05) is 37.7 Å². The van der Waals surface area contributed by atoms with Gasteiger partial charge in [0, 0.05) is 30.2 Å². The molecule has 1 aromatic heterocycles. The molecule has 0 amide bonds. The number of hydrogen-bond donors (Lipinski definition) is 1. The summed E-state index contributed by atoms with van der Waals surface area (Å²) in [7, 11) is -3.38. The Kier molecular flexibility index (Phi) is 6.69. The van der Waals surface area contributed by atoms with E-state index in [0.717, 1.165) is 50.4 Å². The van der Waals surface area contributed by atoms with Gasteiger partial charge in [0.15, 0.2) is 0 Å². The van der Waals surface area contributed by atoms with E-state index in [1.165, 1.54) is 22.6 Å². The topological polar surface area (TPSA) is 58.6 Å². The third kappa shape index (κ3) is 5.07. The third-order valence-electron chi connectivity index (χ3n) is 4.50. The standard InChI is InChI=1S/C19H26N2O3S2/c1-2-18-9-10-19(25-18)26(22,23)20-11-3-4-16-5-7-17(8-6-16)21-12-14-24-15-13-21/h5-10,20H,2-4,11-15H2,1H3. The van der Waals surface area contributed by atoms with E-state index in [1.807, 2.05) is 13.0 Å². The van der Waals surface area contributed by atoms with Crippen molar-refractivity contribution in [3.63, 3.8) is 0 Å². The Bertz CT molecular complexity index is 794. The molecule has 0 aliphatic carbocycles. The monoisotopic (exact) mass is 394 g/mol. The fourth-order valence-corrected chi connectivity index (χ4v) is 5.37. The van der Waals surface area contributed by atoms with E-state index in [9.17, 15) is 8.42 Å². The molecule has 0 unspecified atom stereocenters. The molecule has 3 rings (SSSR count). The van der Waals surface area contributed by atoms with E-state index in [0.29, 0.717) is 10.8 Å². The van der Waals surface area contributed by atoms with Crippen LogP contribution >= 0.6 is 11.3 Å². The van der Waals surface area contributed by atoms with E-state index in [4.69, 9.17) is 4.74 Å². The van der Waals surface area contributed by atoms with Crippen LogP contribution in [0.2, 0.25) is 0 Å². The minimum absolute atomic E-state index is 0.407. The third-order valence-corrected chi connectivity index (χ3v) is 7.68. The Labute approximate surface area is 160 Å². The summed E-state index contributed by atoms with van der Waals surface area (Å²) in [4.78, 5) is 3.42. The summed E-state index contributed by atoms with van der Waals surface area (Å²) in [5.41, 5.74) is 2.45. The summed E-state index contributed by atoms with van der Waals surface area (Å²) in [6.45, 7) is 5.91. The van der Waals surface area contributed by atoms with Crippen LogP contribution in [0.25, 0.3) is 0 Å². The number of hydrogen-bond acceptors (Lipinski definition) is 5. The number of rotatable bonds is 8. The van der Waals surface area contributed by atoms with Gasteiger partial charge in [-0.15, -0.1) is 11.3 Å². The van der Waals surface area contributed by atoms with Crippen molar-refractivity contribution >= 4 is 27.0 Å². The molecule has 26 heavy (non-hydrogen) atoms. The first-order valence-electron chi connectivity index (χ1n) is 9.08. The van der Waals surface area contributed by atoms with Gasteiger partial charge >= 0.3 is 0 Å². The summed E-state index contributed by atoms with van der Waals surface area (Å²) < 4.78 is 33.0. The molecule has 1 aliphatic heterocycles. The molecule has 1 aromatic carbocycles. The van der Waals surface area contributed by atoms with Gasteiger partial charge in [0.25, 0.3) is 0 Å². The average molecular weight is 395 g/mol. The van der Waals surface area contributed by atoms with Gasteiger partial charge in [0.1, 0.15) is 4.21 Å². The van der Waals surface area contributed by atoms with Crippen LogP contribution in [0.15, 0.2) is 40.6 Å². The Hall–Kier alpha value is -1.41. The zero-order valence-corrected chi connectivity index (χ0v) is 16.7. The molecule has 0 atom stereocenters. The van der Waals surface area contributed by atoms with Crippen molar-refractivity contribution in [1.29, 1.82) is 0 Å². The van der Waals surface area contributed by atoms with E-state index in [2.05, 4.69) is 33.9 Å². The molecule has 142 valence electrons. The lowest BCUT2D eigenvalue weighted by molar-refractivity contribution is 0.122. The van der Waals surface area contributed by atoms with Crippen molar-refractivity contribution in [3.05, 3.63) is 46.8 Å². The van der Waals surface area contributed by atoms with Crippen LogP contribution in [-0.4, -0.2) is 41.3 Å². The molecule has 1 saturated heterocycles. The van der Waals surface area contributed by atoms with E-state index in [1.54, 1.807) is 6.07 Å². The van der Waals surface area contributed by atoms with Gasteiger partial charge in [-0.25, -0.2) is 13.1 Å². The number of ether oxygens (including phenoxy) is 1. The van der Waals surface area contributed by atoms with E-state index in [-0.39, 0.29) is 0 Å². The largest absolute Gasteiger partial charge is 0.378 e. The fraction of sp³-hybridized carbons (Fsp3) is 0.474. The first-order chi connectivity index (χ1) is 12.6. The number of nitrogens with zero attached hydrogens (tertiary/aromatic N) is 1. The summed E-state index contributed by atoms with van der Waals surface area (Å²) in [6, 6.07) is 12.1. The Morgan fingerprint density at radius 2 is 1.85 bits per heavy atom. The lowest BCUT2D eigenvalue weighted by Crippen LogP contribution is -2.36. The van der Waals surface area contributed by atoms with Crippen molar-refractivity contribution in [2.45, 2.75) is 30.4 Å². The molecule has 0 radical (unpaired) electrons. The lowest BCUT2D eigenvalue weighted by Gasteiger charge is -2.28. The van der Waals surface area contributed by atoms with Crippen molar-refractivity contribution in [2.24, 2.45) is 0 Å². The Morgan fingerprint density at radius 1 is 1.12 bits per heavy atom. The number of sulfonamides is 1. The molecule has 2 heterocycles. The molecule has 0 spiro atoms. The summed E-state index contributed by atoms with van der Waals surface area (Å²) >= 11 is 1.35. The number of morpholine rings is 1. The predicted molar refractivity (Wildman–Crippen MR) is 107 cm³/mol. The fourth-order valence-electron chi connectivity index (χ4n) is 2.96. The quantitative estimate of drug-likeness (QED) is 0.699. The zero-order chi connectivity index (χ0) is 18.4. The second kappa shape index (κ2) is 8.99. The van der Waals surface area contributed by atoms with Gasteiger partial charge in [-0.3, -0.25) is 0 Å². The van der Waals surface area contributed by atoms with Gasteiger partial charge in [-0.05, 0) is 49.1 Å². The van der Waals surface area contributed by atoms with Crippen LogP contribution in [0, 0.1) is 0 Å². The van der Waals surface area contributed by atoms with Crippen LogP contribution in [0.4, 0.5) is 5.69 Å². The maximum Gasteiger partial charge on any atom is 0.250 e. The highest BCUT2D eigenvalue weighted by molar-refractivity contribution is 7.91. The molecule has 1 N–H and O–H groups in total. The normalized spacial score (nSPS) is 15.3. The zero-order valence-electron chi connectivity index (χ0n) is 15.1. The van der Waals surface area contributed by atoms with Crippen LogP contribution in [0.1, 0.15) is 23.8 Å². The molecule has 1 fully saturated rings. The molecular weight excluding hydrogens is 368 g/mol. The first-order valence-corrected chi connectivity index (χ1v) is 11.4. The number of nitrogens with one attached hydrogen (secondary N) is 1. The SMILES string of the molecule is CCc1ccc(S(=O)(=O)NCCCc2ccc(N3CCOCC3)cc2)s1. The molecule has 0 bridgehead atoms. The molecule has 0 saturated carbocycles. The minimum atomic E-state index is -3.38. The van der Waals surface area contributed by atoms with Gasteiger partial charge in [0.2, 0.25) is 10.0 Å². The van der Waals surface area contributed by atoms with Gasteiger partial charge < -0.3 is 9.64 Å². The van der Waals surface area contributed by atoms with E-state index >= 15 is 0 Å². The second-order valence-corrected chi connectivity index (χ2v) is 9.50.